The number of hydrogen-bond donors (Lipinski definition) is 2. The van der Waals surface area contributed by atoms with E-state index >= 15 is 0 Å². The molecule has 2 aliphatic rings. The molecule has 0 saturated carbocycles. The van der Waals surface area contributed by atoms with Crippen LogP contribution in [-0.4, -0.2) is 73.7 Å². The van der Waals surface area contributed by atoms with E-state index in [0.29, 0.717) is 13.1 Å². The van der Waals surface area contributed by atoms with Crippen molar-refractivity contribution in [3.8, 4) is 11.1 Å². The van der Waals surface area contributed by atoms with Crippen molar-refractivity contribution in [3.05, 3.63) is 82.6 Å². The summed E-state index contributed by atoms with van der Waals surface area (Å²) in [5.41, 5.74) is 4.91. The fourth-order valence-electron chi connectivity index (χ4n) is 5.53. The molecule has 1 atom stereocenters. The highest BCUT2D eigenvalue weighted by molar-refractivity contribution is 7.08. The molecule has 0 aliphatic carbocycles. The molecule has 2 fully saturated rings. The van der Waals surface area contributed by atoms with Gasteiger partial charge in [-0.25, -0.2) is 4.79 Å². The van der Waals surface area contributed by atoms with Crippen molar-refractivity contribution in [2.45, 2.75) is 31.9 Å². The third kappa shape index (κ3) is 7.47. The van der Waals surface area contributed by atoms with Gasteiger partial charge in [-0.1, -0.05) is 60.7 Å². The lowest BCUT2D eigenvalue weighted by atomic mass is 9.88. The molecule has 0 radical (unpaired) electrons. The molecular weight excluding hydrogens is 508 g/mol. The van der Waals surface area contributed by atoms with Gasteiger partial charge in [0.2, 0.25) is 5.91 Å². The van der Waals surface area contributed by atoms with Crippen LogP contribution >= 0.6 is 11.3 Å². The number of ether oxygens (including phenoxy) is 1. The summed E-state index contributed by atoms with van der Waals surface area (Å²) in [6.45, 7) is 5.91. The second kappa shape index (κ2) is 13.7. The van der Waals surface area contributed by atoms with Crippen LogP contribution in [0.5, 0.6) is 0 Å². The third-order valence-corrected chi connectivity index (χ3v) is 8.60. The summed E-state index contributed by atoms with van der Waals surface area (Å²) in [5.74, 6) is 0.103. The number of rotatable bonds is 9. The van der Waals surface area contributed by atoms with Crippen LogP contribution in [0.4, 0.5) is 4.79 Å². The number of alkyl carbamates (subject to hydrolysis) is 1. The molecule has 7 nitrogen and oxygen atoms in total. The van der Waals surface area contributed by atoms with Crippen LogP contribution in [0.3, 0.4) is 0 Å². The number of piperidine rings is 1. The molecule has 1 aromatic heterocycles. The average molecular weight is 547 g/mol. The summed E-state index contributed by atoms with van der Waals surface area (Å²) >= 11 is 1.76. The van der Waals surface area contributed by atoms with Crippen molar-refractivity contribution >= 4 is 23.3 Å². The molecule has 0 bridgehead atoms. The molecule has 2 amide bonds. The second-order valence-electron chi connectivity index (χ2n) is 10.4. The maximum atomic E-state index is 13.6. The summed E-state index contributed by atoms with van der Waals surface area (Å²) < 4.78 is 5.49. The summed E-state index contributed by atoms with van der Waals surface area (Å²) in [5, 5.41) is 10.8. The second-order valence-corrected chi connectivity index (χ2v) is 11.1. The van der Waals surface area contributed by atoms with Crippen LogP contribution in [0.2, 0.25) is 0 Å². The van der Waals surface area contributed by atoms with Crippen LogP contribution in [0.1, 0.15) is 24.0 Å². The Morgan fingerprint density at radius 3 is 2.36 bits per heavy atom. The van der Waals surface area contributed by atoms with Gasteiger partial charge in [-0.3, -0.25) is 4.79 Å². The Hall–Kier alpha value is -3.20. The molecule has 2 saturated heterocycles. The van der Waals surface area contributed by atoms with Gasteiger partial charge < -0.3 is 25.2 Å². The highest BCUT2D eigenvalue weighted by Gasteiger charge is 2.36. The third-order valence-electron chi connectivity index (χ3n) is 7.81. The zero-order chi connectivity index (χ0) is 26.9. The molecule has 0 spiro atoms. The van der Waals surface area contributed by atoms with E-state index in [2.05, 4.69) is 56.6 Å². The number of nitrogens with one attached hydrogen (secondary N) is 2. The van der Waals surface area contributed by atoms with E-state index < -0.39 is 12.1 Å². The SMILES string of the molecule is O=C(N[C@@H](C(=O)N1CCNCC1)C1CCN(CCc2cscc2-c2ccccc2)CC1)OCc1ccccc1. The van der Waals surface area contributed by atoms with E-state index in [1.54, 1.807) is 11.3 Å². The molecule has 206 valence electrons. The quantitative estimate of drug-likeness (QED) is 0.416. The molecule has 2 N–H and O–H groups in total. The van der Waals surface area contributed by atoms with Crippen molar-refractivity contribution < 1.29 is 14.3 Å². The number of carbonyl (C=O) groups is 2. The molecular formula is C31H38N4O3S. The van der Waals surface area contributed by atoms with E-state index in [0.717, 1.165) is 57.5 Å². The van der Waals surface area contributed by atoms with Crippen LogP contribution in [0.25, 0.3) is 11.1 Å². The number of amides is 2. The van der Waals surface area contributed by atoms with Crippen molar-refractivity contribution in [1.82, 2.24) is 20.4 Å². The molecule has 2 aliphatic heterocycles. The first kappa shape index (κ1) is 27.4. The largest absolute Gasteiger partial charge is 0.445 e. The molecule has 2 aromatic carbocycles. The first-order valence-electron chi connectivity index (χ1n) is 14.0. The molecule has 0 unspecified atom stereocenters. The molecule has 3 aromatic rings. The van der Waals surface area contributed by atoms with Gasteiger partial charge in [0.25, 0.3) is 0 Å². The van der Waals surface area contributed by atoms with Crippen molar-refractivity contribution in [1.29, 1.82) is 0 Å². The number of piperazine rings is 1. The van der Waals surface area contributed by atoms with Crippen molar-refractivity contribution in [2.24, 2.45) is 5.92 Å². The Morgan fingerprint density at radius 1 is 0.949 bits per heavy atom. The van der Waals surface area contributed by atoms with E-state index in [1.165, 1.54) is 16.7 Å². The Morgan fingerprint density at radius 2 is 1.64 bits per heavy atom. The maximum Gasteiger partial charge on any atom is 0.408 e. The van der Waals surface area contributed by atoms with E-state index in [9.17, 15) is 9.59 Å². The summed E-state index contributed by atoms with van der Waals surface area (Å²) in [6.07, 6.45) is 2.22. The van der Waals surface area contributed by atoms with Crippen LogP contribution in [0.15, 0.2) is 71.4 Å². The average Bonchev–Trinajstić information content (AvgIpc) is 3.48. The van der Waals surface area contributed by atoms with Gasteiger partial charge >= 0.3 is 6.09 Å². The lowest BCUT2D eigenvalue weighted by Gasteiger charge is -2.38. The Labute approximate surface area is 235 Å². The lowest BCUT2D eigenvalue weighted by molar-refractivity contribution is -0.135. The van der Waals surface area contributed by atoms with Gasteiger partial charge in [0.05, 0.1) is 0 Å². The van der Waals surface area contributed by atoms with Gasteiger partial charge in [0, 0.05) is 32.7 Å². The van der Waals surface area contributed by atoms with E-state index in [-0.39, 0.29) is 18.4 Å². The Bertz CT molecular complexity index is 1190. The van der Waals surface area contributed by atoms with Crippen LogP contribution in [0, 0.1) is 5.92 Å². The first-order valence-corrected chi connectivity index (χ1v) is 14.9. The Balaban J connectivity index is 1.17. The smallest absolute Gasteiger partial charge is 0.408 e. The first-order chi connectivity index (χ1) is 19.2. The normalized spacial score (nSPS) is 17.5. The zero-order valence-electron chi connectivity index (χ0n) is 22.4. The standard InChI is InChI=1S/C31H38N4O3S/c36-30(35-19-14-32-15-20-35)29(33-31(37)38-21-24-7-3-1-4-8-24)26-11-16-34(17-12-26)18-13-27-22-39-23-28(27)25-9-5-2-6-10-25/h1-10,22-23,26,29,32H,11-21H2,(H,33,37)/t29-/m1/s1. The van der Waals surface area contributed by atoms with Crippen molar-refractivity contribution in [3.63, 3.8) is 0 Å². The van der Waals surface area contributed by atoms with Crippen molar-refractivity contribution in [2.75, 3.05) is 45.8 Å². The van der Waals surface area contributed by atoms with Gasteiger partial charge in [-0.05, 0) is 71.3 Å². The highest BCUT2D eigenvalue weighted by atomic mass is 32.1. The molecule has 8 heteroatoms. The number of likely N-dealkylation sites (tertiary alicyclic amines) is 1. The predicted molar refractivity (Wildman–Crippen MR) is 156 cm³/mol. The predicted octanol–water partition coefficient (Wildman–Crippen LogP) is 4.40. The summed E-state index contributed by atoms with van der Waals surface area (Å²) in [7, 11) is 0. The topological polar surface area (TPSA) is 73.9 Å². The maximum absolute atomic E-state index is 13.6. The van der Waals surface area contributed by atoms with E-state index in [4.69, 9.17) is 4.74 Å². The Kier molecular flexibility index (Phi) is 9.64. The van der Waals surface area contributed by atoms with Gasteiger partial charge in [-0.2, -0.15) is 11.3 Å². The minimum absolute atomic E-state index is 0.0115. The zero-order valence-corrected chi connectivity index (χ0v) is 23.2. The molecule has 5 rings (SSSR count). The lowest BCUT2D eigenvalue weighted by Crippen LogP contribution is -2.57. The minimum atomic E-state index is -0.560. The molecule has 3 heterocycles. The van der Waals surface area contributed by atoms with E-state index in [1.807, 2.05) is 35.2 Å². The fourth-order valence-corrected chi connectivity index (χ4v) is 6.43. The molecule has 39 heavy (non-hydrogen) atoms. The monoisotopic (exact) mass is 546 g/mol. The van der Waals surface area contributed by atoms with Crippen LogP contribution in [-0.2, 0) is 22.6 Å². The number of nitrogens with zero attached hydrogens (tertiary/aromatic N) is 2. The number of carbonyl (C=O) groups excluding carboxylic acids is 2. The van der Waals surface area contributed by atoms with Gasteiger partial charge in [0.15, 0.2) is 0 Å². The number of thiophene rings is 1. The minimum Gasteiger partial charge on any atom is -0.445 e. The van der Waals surface area contributed by atoms with Gasteiger partial charge in [-0.15, -0.1) is 0 Å². The fraction of sp³-hybridized carbons (Fsp3) is 0.419. The number of benzene rings is 2. The number of hydrogen-bond acceptors (Lipinski definition) is 6. The summed E-state index contributed by atoms with van der Waals surface area (Å²) in [4.78, 5) is 30.7. The summed E-state index contributed by atoms with van der Waals surface area (Å²) in [6, 6.07) is 19.6. The highest BCUT2D eigenvalue weighted by Crippen LogP contribution is 2.29. The van der Waals surface area contributed by atoms with Gasteiger partial charge in [0.1, 0.15) is 12.6 Å². The van der Waals surface area contributed by atoms with Crippen LogP contribution < -0.4 is 10.6 Å².